The number of carbonyl (C=O) groups is 1. The van der Waals surface area contributed by atoms with Crippen LogP contribution in [0.1, 0.15) is 25.0 Å². The van der Waals surface area contributed by atoms with E-state index in [1.807, 2.05) is 24.3 Å². The fraction of sp³-hybridized carbons (Fsp3) is 0.280. The van der Waals surface area contributed by atoms with Gasteiger partial charge in [-0.2, -0.15) is 0 Å². The molecule has 2 rings (SSSR count). The van der Waals surface area contributed by atoms with Crippen LogP contribution in [0.2, 0.25) is 0 Å². The van der Waals surface area contributed by atoms with Crippen molar-refractivity contribution in [3.8, 4) is 23.0 Å². The first kappa shape index (κ1) is 23.6. The molecular formula is C25H28O6. The molecule has 31 heavy (non-hydrogen) atoms. The van der Waals surface area contributed by atoms with Crippen LogP contribution in [0, 0.1) is 0 Å². The van der Waals surface area contributed by atoms with Gasteiger partial charge in [-0.1, -0.05) is 18.7 Å². The molecule has 0 amide bonds. The van der Waals surface area contributed by atoms with Crippen molar-refractivity contribution in [2.75, 3.05) is 27.4 Å². The average molecular weight is 424 g/mol. The molecule has 6 nitrogen and oxygen atoms in total. The van der Waals surface area contributed by atoms with Gasteiger partial charge in [0.1, 0.15) is 13.2 Å². The number of hydrogen-bond acceptors (Lipinski definition) is 6. The summed E-state index contributed by atoms with van der Waals surface area (Å²) >= 11 is 0. The number of esters is 1. The molecule has 2 aromatic carbocycles. The first-order chi connectivity index (χ1) is 15.0. The van der Waals surface area contributed by atoms with Gasteiger partial charge in [0.15, 0.2) is 23.0 Å². The molecule has 0 saturated heterocycles. The second kappa shape index (κ2) is 12.2. The standard InChI is InChI=1S/C25H28O6/c1-6-7-19-8-11-21(23(16-19)27-4)29-14-15-30-22-12-9-20(17-24(22)28-5)10-13-25(26)31-18(2)3/h7-13,16-18H,1,14-15H2,2-5H3/b13-10+. The summed E-state index contributed by atoms with van der Waals surface area (Å²) in [5, 5.41) is 0. The van der Waals surface area contributed by atoms with Crippen LogP contribution < -0.4 is 18.9 Å². The van der Waals surface area contributed by atoms with Gasteiger partial charge < -0.3 is 23.7 Å². The highest BCUT2D eigenvalue weighted by Gasteiger charge is 2.08. The Morgan fingerprint density at radius 1 is 0.935 bits per heavy atom. The molecule has 0 N–H and O–H groups in total. The topological polar surface area (TPSA) is 63.2 Å². The third kappa shape index (κ3) is 7.61. The maximum atomic E-state index is 11.6. The number of benzene rings is 2. The van der Waals surface area contributed by atoms with Crippen LogP contribution >= 0.6 is 0 Å². The molecule has 0 aliphatic heterocycles. The summed E-state index contributed by atoms with van der Waals surface area (Å²) in [5.41, 5.74) is 4.44. The summed E-state index contributed by atoms with van der Waals surface area (Å²) in [6.07, 6.45) is 4.64. The van der Waals surface area contributed by atoms with Gasteiger partial charge >= 0.3 is 5.97 Å². The van der Waals surface area contributed by atoms with Gasteiger partial charge in [-0.05, 0) is 61.4 Å². The van der Waals surface area contributed by atoms with Gasteiger partial charge in [-0.3, -0.25) is 0 Å². The van der Waals surface area contributed by atoms with Gasteiger partial charge in [0, 0.05) is 6.08 Å². The molecule has 0 aliphatic rings. The lowest BCUT2D eigenvalue weighted by Crippen LogP contribution is -2.10. The SMILES string of the molecule is C=C=Cc1ccc(OCCOc2ccc(/C=C/C(=O)OC(C)C)cc2OC)c(OC)c1. The van der Waals surface area contributed by atoms with Crippen molar-refractivity contribution < 1.29 is 28.5 Å². The Kier molecular flexibility index (Phi) is 9.27. The zero-order valence-corrected chi connectivity index (χ0v) is 18.3. The zero-order chi connectivity index (χ0) is 22.6. The molecule has 0 aliphatic carbocycles. The molecule has 164 valence electrons. The lowest BCUT2D eigenvalue weighted by atomic mass is 10.2. The molecule has 6 heteroatoms. The van der Waals surface area contributed by atoms with Crippen LogP contribution in [-0.4, -0.2) is 39.5 Å². The van der Waals surface area contributed by atoms with Crippen LogP contribution in [0.15, 0.2) is 54.8 Å². The van der Waals surface area contributed by atoms with Crippen molar-refractivity contribution in [3.63, 3.8) is 0 Å². The summed E-state index contributed by atoms with van der Waals surface area (Å²) in [7, 11) is 3.15. The highest BCUT2D eigenvalue weighted by Crippen LogP contribution is 2.30. The molecule has 0 radical (unpaired) electrons. The first-order valence-corrected chi connectivity index (χ1v) is 9.83. The molecule has 0 heterocycles. The maximum Gasteiger partial charge on any atom is 0.331 e. The Morgan fingerprint density at radius 3 is 2.00 bits per heavy atom. The number of carbonyl (C=O) groups excluding carboxylic acids is 1. The first-order valence-electron chi connectivity index (χ1n) is 9.83. The molecule has 0 bridgehead atoms. The quantitative estimate of drug-likeness (QED) is 0.221. The van der Waals surface area contributed by atoms with Crippen molar-refractivity contribution in [3.05, 3.63) is 65.9 Å². The van der Waals surface area contributed by atoms with Gasteiger partial charge in [0.2, 0.25) is 0 Å². The summed E-state index contributed by atoms with van der Waals surface area (Å²) in [5.74, 6) is 1.97. The zero-order valence-electron chi connectivity index (χ0n) is 18.3. The minimum absolute atomic E-state index is 0.161. The van der Waals surface area contributed by atoms with Crippen LogP contribution in [0.25, 0.3) is 12.2 Å². The van der Waals surface area contributed by atoms with Gasteiger partial charge in [0.05, 0.1) is 20.3 Å². The second-order valence-corrected chi connectivity index (χ2v) is 6.68. The summed E-state index contributed by atoms with van der Waals surface area (Å²) in [6, 6.07) is 11.0. The van der Waals surface area contributed by atoms with E-state index in [9.17, 15) is 4.79 Å². The number of methoxy groups -OCH3 is 2. The number of ether oxygens (including phenoxy) is 5. The van der Waals surface area contributed by atoms with Crippen molar-refractivity contribution in [1.29, 1.82) is 0 Å². The van der Waals surface area contributed by atoms with E-state index in [0.717, 1.165) is 11.1 Å². The highest BCUT2D eigenvalue weighted by molar-refractivity contribution is 5.87. The molecule has 0 atom stereocenters. The monoisotopic (exact) mass is 424 g/mol. The van der Waals surface area contributed by atoms with Crippen LogP contribution in [0.4, 0.5) is 0 Å². The van der Waals surface area contributed by atoms with E-state index < -0.39 is 5.97 Å². The summed E-state index contributed by atoms with van der Waals surface area (Å²) < 4.78 is 27.4. The predicted octanol–water partition coefficient (Wildman–Crippen LogP) is 4.92. The van der Waals surface area contributed by atoms with Gasteiger partial charge in [-0.25, -0.2) is 4.79 Å². The van der Waals surface area contributed by atoms with E-state index >= 15 is 0 Å². The fourth-order valence-electron chi connectivity index (χ4n) is 2.66. The molecule has 0 saturated carbocycles. The number of hydrogen-bond donors (Lipinski definition) is 0. The molecule has 0 aromatic heterocycles. The van der Waals surface area contributed by atoms with Crippen LogP contribution in [0.3, 0.4) is 0 Å². The second-order valence-electron chi connectivity index (χ2n) is 6.68. The molecular weight excluding hydrogens is 396 g/mol. The van der Waals surface area contributed by atoms with Gasteiger partial charge in [0.25, 0.3) is 0 Å². The van der Waals surface area contributed by atoms with Crippen molar-refractivity contribution in [2.45, 2.75) is 20.0 Å². The molecule has 0 spiro atoms. The lowest BCUT2D eigenvalue weighted by Gasteiger charge is -2.13. The maximum absolute atomic E-state index is 11.6. The Morgan fingerprint density at radius 2 is 1.48 bits per heavy atom. The minimum atomic E-state index is -0.393. The lowest BCUT2D eigenvalue weighted by molar-refractivity contribution is -0.141. The van der Waals surface area contributed by atoms with Crippen LogP contribution in [-0.2, 0) is 9.53 Å². The third-order valence-corrected chi connectivity index (χ3v) is 4.01. The third-order valence-electron chi connectivity index (χ3n) is 4.01. The molecule has 0 unspecified atom stereocenters. The molecule has 0 fully saturated rings. The summed E-state index contributed by atoms with van der Waals surface area (Å²) in [4.78, 5) is 11.6. The highest BCUT2D eigenvalue weighted by atomic mass is 16.6. The predicted molar refractivity (Wildman–Crippen MR) is 121 cm³/mol. The van der Waals surface area contributed by atoms with E-state index in [1.54, 1.807) is 52.4 Å². The smallest absolute Gasteiger partial charge is 0.331 e. The molecule has 2 aromatic rings. The number of rotatable bonds is 11. The van der Waals surface area contributed by atoms with E-state index in [4.69, 9.17) is 23.7 Å². The Bertz CT molecular complexity index is 954. The van der Waals surface area contributed by atoms with E-state index in [1.165, 1.54) is 6.08 Å². The van der Waals surface area contributed by atoms with Crippen molar-refractivity contribution in [1.82, 2.24) is 0 Å². The summed E-state index contributed by atoms with van der Waals surface area (Å²) in [6.45, 7) is 7.80. The van der Waals surface area contributed by atoms with E-state index in [0.29, 0.717) is 36.2 Å². The normalized spacial score (nSPS) is 10.5. The average Bonchev–Trinajstić information content (AvgIpc) is 2.76. The van der Waals surface area contributed by atoms with Gasteiger partial charge in [-0.15, -0.1) is 5.73 Å². The van der Waals surface area contributed by atoms with Crippen molar-refractivity contribution in [2.24, 2.45) is 0 Å². The Balaban J connectivity index is 1.94. The van der Waals surface area contributed by atoms with E-state index in [2.05, 4.69) is 12.3 Å². The van der Waals surface area contributed by atoms with Crippen molar-refractivity contribution >= 4 is 18.1 Å². The minimum Gasteiger partial charge on any atom is -0.493 e. The van der Waals surface area contributed by atoms with E-state index in [-0.39, 0.29) is 6.10 Å². The Hall–Kier alpha value is -3.63. The Labute approximate surface area is 183 Å². The fourth-order valence-corrected chi connectivity index (χ4v) is 2.66. The largest absolute Gasteiger partial charge is 0.493 e. The van der Waals surface area contributed by atoms with Crippen LogP contribution in [0.5, 0.6) is 23.0 Å².